The molecular formula is C25H27BrN4O3S2. The standard InChI is InChI=1S/C25H27BrN4O3S2/c1-14-11-20(31)30-25(28-14)35-24-18(26)12-16(33-24)13-27-23-21(17-9-5-6-10-19(17)34-23)22(32)29-15-7-3-2-4-8-15/h11-13,15H,2-10H2,1H3,(H,29,32)(H,28,30,31). The van der Waals surface area contributed by atoms with Crippen LogP contribution >= 0.6 is 39.0 Å². The van der Waals surface area contributed by atoms with Gasteiger partial charge in [-0.05, 0) is 78.7 Å². The summed E-state index contributed by atoms with van der Waals surface area (Å²) in [4.78, 5) is 38.1. The van der Waals surface area contributed by atoms with Crippen LogP contribution in [0.25, 0.3) is 0 Å². The van der Waals surface area contributed by atoms with Gasteiger partial charge in [-0.1, -0.05) is 19.3 Å². The second kappa shape index (κ2) is 10.8. The molecule has 0 aromatic carbocycles. The van der Waals surface area contributed by atoms with Crippen molar-refractivity contribution in [3.8, 4) is 0 Å². The largest absolute Gasteiger partial charge is 0.447 e. The Labute approximate surface area is 220 Å². The maximum atomic E-state index is 13.3. The fourth-order valence-corrected chi connectivity index (χ4v) is 7.28. The first-order valence-electron chi connectivity index (χ1n) is 12.0. The van der Waals surface area contributed by atoms with Crippen molar-refractivity contribution in [3.05, 3.63) is 54.4 Å². The number of nitrogens with zero attached hydrogens (tertiary/aromatic N) is 2. The number of carbonyl (C=O) groups is 1. The number of aromatic nitrogens is 2. The normalized spacial score (nSPS) is 16.5. The van der Waals surface area contributed by atoms with Gasteiger partial charge in [0.05, 0.1) is 16.3 Å². The summed E-state index contributed by atoms with van der Waals surface area (Å²) >= 11 is 6.37. The van der Waals surface area contributed by atoms with Crippen molar-refractivity contribution >= 4 is 56.2 Å². The molecule has 1 amide bonds. The molecule has 10 heteroatoms. The van der Waals surface area contributed by atoms with Gasteiger partial charge in [0.15, 0.2) is 10.2 Å². The average Bonchev–Trinajstić information content (AvgIpc) is 3.37. The first-order valence-corrected chi connectivity index (χ1v) is 14.4. The molecule has 0 spiro atoms. The molecular weight excluding hydrogens is 548 g/mol. The Morgan fingerprint density at radius 3 is 2.86 bits per heavy atom. The number of aromatic amines is 1. The van der Waals surface area contributed by atoms with Crippen molar-refractivity contribution in [1.82, 2.24) is 15.3 Å². The molecule has 7 nitrogen and oxygen atoms in total. The molecule has 2 N–H and O–H groups in total. The summed E-state index contributed by atoms with van der Waals surface area (Å²) in [7, 11) is 0. The highest BCUT2D eigenvalue weighted by molar-refractivity contribution is 9.10. The SMILES string of the molecule is Cc1cc(=O)[nH]c(Sc2oc(C=Nc3sc4c(c3C(=O)NC3CCCCC3)CCCC4)cc2Br)n1. The molecule has 1 fully saturated rings. The number of amides is 1. The molecule has 5 rings (SSSR count). The number of halogens is 1. The number of nitrogens with one attached hydrogen (secondary N) is 2. The summed E-state index contributed by atoms with van der Waals surface area (Å²) < 4.78 is 6.70. The van der Waals surface area contributed by atoms with Crippen LogP contribution in [0.1, 0.15) is 77.2 Å². The van der Waals surface area contributed by atoms with Gasteiger partial charge in [0.2, 0.25) is 0 Å². The summed E-state index contributed by atoms with van der Waals surface area (Å²) in [6.07, 6.45) is 11.6. The van der Waals surface area contributed by atoms with E-state index in [0.29, 0.717) is 21.7 Å². The van der Waals surface area contributed by atoms with Crippen LogP contribution in [0.5, 0.6) is 0 Å². The van der Waals surface area contributed by atoms with Crippen LogP contribution in [-0.4, -0.2) is 28.1 Å². The average molecular weight is 576 g/mol. The maximum absolute atomic E-state index is 13.3. The second-order valence-corrected chi connectivity index (χ2v) is 11.9. The zero-order valence-electron chi connectivity index (χ0n) is 19.5. The quantitative estimate of drug-likeness (QED) is 0.264. The highest BCUT2D eigenvalue weighted by Crippen LogP contribution is 2.40. The third-order valence-electron chi connectivity index (χ3n) is 6.34. The van der Waals surface area contributed by atoms with Crippen LogP contribution in [0.4, 0.5) is 5.00 Å². The third-order valence-corrected chi connectivity index (χ3v) is 9.27. The third kappa shape index (κ3) is 5.81. The number of carbonyl (C=O) groups excluding carboxylic acids is 1. The molecule has 0 atom stereocenters. The summed E-state index contributed by atoms with van der Waals surface area (Å²) in [5.41, 5.74) is 2.35. The fourth-order valence-electron chi connectivity index (χ4n) is 4.69. The minimum Gasteiger partial charge on any atom is -0.447 e. The van der Waals surface area contributed by atoms with Crippen LogP contribution in [0.3, 0.4) is 0 Å². The Morgan fingerprint density at radius 1 is 1.26 bits per heavy atom. The molecule has 0 radical (unpaired) electrons. The fraction of sp³-hybridized carbons (Fsp3) is 0.440. The monoisotopic (exact) mass is 574 g/mol. The number of aliphatic imine (C=N–C) groups is 1. The van der Waals surface area contributed by atoms with Crippen LogP contribution in [0.15, 0.2) is 41.1 Å². The number of rotatable bonds is 6. The van der Waals surface area contributed by atoms with Crippen LogP contribution in [0, 0.1) is 6.92 Å². The van der Waals surface area contributed by atoms with Crippen molar-refractivity contribution in [2.24, 2.45) is 4.99 Å². The van der Waals surface area contributed by atoms with Crippen LogP contribution in [-0.2, 0) is 12.8 Å². The molecule has 0 unspecified atom stereocenters. The van der Waals surface area contributed by atoms with Crippen molar-refractivity contribution in [1.29, 1.82) is 0 Å². The Balaban J connectivity index is 1.38. The lowest BCUT2D eigenvalue weighted by Gasteiger charge is -2.23. The van der Waals surface area contributed by atoms with Crippen molar-refractivity contribution < 1.29 is 9.21 Å². The number of hydrogen-bond acceptors (Lipinski definition) is 7. The predicted octanol–water partition coefficient (Wildman–Crippen LogP) is 6.34. The summed E-state index contributed by atoms with van der Waals surface area (Å²) in [6, 6.07) is 3.53. The van der Waals surface area contributed by atoms with E-state index in [1.165, 1.54) is 47.5 Å². The van der Waals surface area contributed by atoms with E-state index in [2.05, 4.69) is 31.2 Å². The summed E-state index contributed by atoms with van der Waals surface area (Å²) in [6.45, 7) is 1.77. The Morgan fingerprint density at radius 2 is 2.06 bits per heavy atom. The minimum absolute atomic E-state index is 0.00907. The highest BCUT2D eigenvalue weighted by Gasteiger charge is 2.27. The number of fused-ring (bicyclic) bond motifs is 1. The van der Waals surface area contributed by atoms with Gasteiger partial charge < -0.3 is 14.7 Å². The van der Waals surface area contributed by atoms with Gasteiger partial charge in [0.25, 0.3) is 11.5 Å². The number of H-pyrrole nitrogens is 1. The number of hydrogen-bond donors (Lipinski definition) is 2. The smallest absolute Gasteiger partial charge is 0.254 e. The molecule has 0 saturated heterocycles. The van der Waals surface area contributed by atoms with E-state index < -0.39 is 0 Å². The molecule has 3 heterocycles. The van der Waals surface area contributed by atoms with E-state index in [-0.39, 0.29) is 17.5 Å². The lowest BCUT2D eigenvalue weighted by molar-refractivity contribution is 0.0927. The molecule has 1 saturated carbocycles. The lowest BCUT2D eigenvalue weighted by atomic mass is 9.93. The van der Waals surface area contributed by atoms with E-state index in [1.54, 1.807) is 24.5 Å². The lowest BCUT2D eigenvalue weighted by Crippen LogP contribution is -2.36. The van der Waals surface area contributed by atoms with Gasteiger partial charge in [-0.3, -0.25) is 9.59 Å². The highest BCUT2D eigenvalue weighted by atomic mass is 79.9. The van der Waals surface area contributed by atoms with Crippen molar-refractivity contribution in [2.75, 3.05) is 0 Å². The van der Waals surface area contributed by atoms with E-state index in [0.717, 1.165) is 53.6 Å². The number of furan rings is 1. The molecule has 184 valence electrons. The van der Waals surface area contributed by atoms with Crippen LogP contribution < -0.4 is 10.9 Å². The maximum Gasteiger partial charge on any atom is 0.254 e. The topological polar surface area (TPSA) is 100 Å². The van der Waals surface area contributed by atoms with E-state index in [9.17, 15) is 9.59 Å². The van der Waals surface area contributed by atoms with Gasteiger partial charge in [0, 0.05) is 28.7 Å². The van der Waals surface area contributed by atoms with Gasteiger partial charge in [-0.15, -0.1) is 11.3 Å². The summed E-state index contributed by atoms with van der Waals surface area (Å²) in [5.74, 6) is 0.564. The van der Waals surface area contributed by atoms with Gasteiger partial charge >= 0.3 is 0 Å². The number of thiophene rings is 1. The Bertz CT molecular complexity index is 1320. The molecule has 2 aliphatic carbocycles. The van der Waals surface area contributed by atoms with Crippen molar-refractivity contribution in [3.63, 3.8) is 0 Å². The molecule has 0 bridgehead atoms. The van der Waals surface area contributed by atoms with Crippen molar-refractivity contribution in [2.45, 2.75) is 81.0 Å². The zero-order chi connectivity index (χ0) is 24.4. The van der Waals surface area contributed by atoms with Gasteiger partial charge in [-0.25, -0.2) is 9.98 Å². The number of aryl methyl sites for hydroxylation is 2. The minimum atomic E-state index is -0.204. The van der Waals surface area contributed by atoms with Gasteiger partial charge in [-0.2, -0.15) is 0 Å². The van der Waals surface area contributed by atoms with Gasteiger partial charge in [0.1, 0.15) is 10.8 Å². The first kappa shape index (κ1) is 24.5. The molecule has 2 aliphatic rings. The first-order chi connectivity index (χ1) is 17.0. The molecule has 0 aliphatic heterocycles. The van der Waals surface area contributed by atoms with E-state index >= 15 is 0 Å². The van der Waals surface area contributed by atoms with E-state index in [1.807, 2.05) is 6.07 Å². The molecule has 3 aromatic rings. The second-order valence-electron chi connectivity index (χ2n) is 9.04. The molecule has 3 aromatic heterocycles. The Kier molecular flexibility index (Phi) is 7.59. The summed E-state index contributed by atoms with van der Waals surface area (Å²) in [5, 5.41) is 5.06. The zero-order valence-corrected chi connectivity index (χ0v) is 22.7. The Hall–Kier alpha value is -2.17. The predicted molar refractivity (Wildman–Crippen MR) is 143 cm³/mol. The molecule has 35 heavy (non-hydrogen) atoms. The van der Waals surface area contributed by atoms with Crippen LogP contribution in [0.2, 0.25) is 0 Å². The van der Waals surface area contributed by atoms with E-state index in [4.69, 9.17) is 9.41 Å².